The van der Waals surface area contributed by atoms with Gasteiger partial charge in [-0.2, -0.15) is 4.57 Å². The summed E-state index contributed by atoms with van der Waals surface area (Å²) in [5, 5.41) is 1.05. The van der Waals surface area contributed by atoms with Crippen LogP contribution in [0.15, 0.2) is 90.5 Å². The van der Waals surface area contributed by atoms with Crippen molar-refractivity contribution in [1.29, 1.82) is 0 Å². The molecule has 4 aromatic rings. The van der Waals surface area contributed by atoms with E-state index in [1.165, 1.54) is 27.8 Å². The van der Waals surface area contributed by atoms with Gasteiger partial charge in [-0.3, -0.25) is 0 Å². The van der Waals surface area contributed by atoms with Crippen molar-refractivity contribution in [3.8, 4) is 0 Å². The van der Waals surface area contributed by atoms with Crippen molar-refractivity contribution in [3.05, 3.63) is 112 Å². The van der Waals surface area contributed by atoms with E-state index in [1.54, 1.807) is 11.3 Å². The molecule has 6 heteroatoms. The van der Waals surface area contributed by atoms with Gasteiger partial charge >= 0.3 is 0 Å². The quantitative estimate of drug-likeness (QED) is 0.257. The first-order chi connectivity index (χ1) is 16.4. The van der Waals surface area contributed by atoms with Crippen LogP contribution in [0, 0.1) is 0 Å². The molecule has 1 heterocycles. The van der Waals surface area contributed by atoms with Gasteiger partial charge in [0.1, 0.15) is 4.70 Å². The van der Waals surface area contributed by atoms with E-state index < -0.39 is 10.1 Å². The number of para-hydroxylation sites is 1. The van der Waals surface area contributed by atoms with E-state index in [9.17, 15) is 13.0 Å². The van der Waals surface area contributed by atoms with Gasteiger partial charge < -0.3 is 4.55 Å². The van der Waals surface area contributed by atoms with E-state index in [2.05, 4.69) is 78.2 Å². The molecule has 1 aromatic heterocycles. The minimum absolute atomic E-state index is 0.212. The van der Waals surface area contributed by atoms with Crippen LogP contribution < -0.4 is 4.57 Å². The monoisotopic (exact) mass is 487 g/mol. The van der Waals surface area contributed by atoms with E-state index >= 15 is 0 Å². The summed E-state index contributed by atoms with van der Waals surface area (Å²) in [6.07, 6.45) is 4.79. The largest absolute Gasteiger partial charge is 0.748 e. The number of fused-ring (bicyclic) bond motifs is 2. The predicted molar refractivity (Wildman–Crippen MR) is 138 cm³/mol. The van der Waals surface area contributed by atoms with Crippen LogP contribution in [0.5, 0.6) is 0 Å². The third-order valence-electron chi connectivity index (χ3n) is 6.32. The molecule has 0 N–H and O–H groups in total. The summed E-state index contributed by atoms with van der Waals surface area (Å²) in [4.78, 5) is 0. The second kappa shape index (κ2) is 9.29. The van der Waals surface area contributed by atoms with Crippen LogP contribution in [0.2, 0.25) is 0 Å². The van der Waals surface area contributed by atoms with E-state index in [0.29, 0.717) is 6.54 Å². The molecule has 0 saturated carbocycles. The lowest BCUT2D eigenvalue weighted by Gasteiger charge is -2.25. The number of hydrogen-bond acceptors (Lipinski definition) is 4. The van der Waals surface area contributed by atoms with Crippen LogP contribution in [0.25, 0.3) is 21.9 Å². The van der Waals surface area contributed by atoms with Gasteiger partial charge in [0.15, 0.2) is 6.54 Å². The van der Waals surface area contributed by atoms with Gasteiger partial charge in [0, 0.05) is 30.2 Å². The fourth-order valence-corrected chi connectivity index (χ4v) is 6.26. The minimum atomic E-state index is -4.24. The molecular formula is C28H25NO3S2. The van der Waals surface area contributed by atoms with Crippen molar-refractivity contribution in [2.75, 3.05) is 5.75 Å². The van der Waals surface area contributed by atoms with Gasteiger partial charge in [0.05, 0.1) is 10.1 Å². The molecule has 172 valence electrons. The highest BCUT2D eigenvalue weighted by atomic mass is 32.2. The Labute approximate surface area is 204 Å². The summed E-state index contributed by atoms with van der Waals surface area (Å²) < 4.78 is 36.8. The maximum Gasteiger partial charge on any atom is 0.263 e. The van der Waals surface area contributed by atoms with Crippen LogP contribution in [-0.4, -0.2) is 18.7 Å². The van der Waals surface area contributed by atoms with Crippen LogP contribution in [0.1, 0.15) is 41.0 Å². The van der Waals surface area contributed by atoms with Crippen LogP contribution in [-0.2, 0) is 16.7 Å². The number of aromatic nitrogens is 1. The highest BCUT2D eigenvalue weighted by molar-refractivity contribution is 7.85. The lowest BCUT2D eigenvalue weighted by molar-refractivity contribution is -0.668. The van der Waals surface area contributed by atoms with Gasteiger partial charge in [-0.05, 0) is 40.0 Å². The number of thiazole rings is 1. The average Bonchev–Trinajstić information content (AvgIpc) is 3.18. The standard InChI is InChI=1S/C28H25NO3S2/c1-20-22(18-25(21-10-3-2-4-11-21)24-13-6-5-12-23(20)24)19-28-29(16-9-17-34(30,31)32)26-14-7-8-15-27(26)33-28/h2-8,10-15,18-20H,9,16-17H2,1H3/b22-19+. The van der Waals surface area contributed by atoms with Crippen molar-refractivity contribution in [2.24, 2.45) is 0 Å². The third kappa shape index (κ3) is 4.62. The summed E-state index contributed by atoms with van der Waals surface area (Å²) in [5.74, 6) is -0.147. The molecule has 0 radical (unpaired) electrons. The Hall–Kier alpha value is -3.06. The van der Waals surface area contributed by atoms with Crippen molar-refractivity contribution in [1.82, 2.24) is 0 Å². The zero-order valence-electron chi connectivity index (χ0n) is 18.8. The average molecular weight is 488 g/mol. The van der Waals surface area contributed by atoms with Crippen LogP contribution >= 0.6 is 11.3 Å². The lowest BCUT2D eigenvalue weighted by Crippen LogP contribution is -2.36. The topological polar surface area (TPSA) is 61.1 Å². The van der Waals surface area contributed by atoms with Gasteiger partial charge in [0.2, 0.25) is 5.52 Å². The molecule has 0 aliphatic heterocycles. The van der Waals surface area contributed by atoms with Crippen molar-refractivity contribution in [2.45, 2.75) is 25.8 Å². The summed E-state index contributed by atoms with van der Waals surface area (Å²) in [5.41, 5.74) is 7.18. The highest BCUT2D eigenvalue weighted by Gasteiger charge is 2.25. The number of rotatable bonds is 6. The first kappa shape index (κ1) is 22.7. The van der Waals surface area contributed by atoms with E-state index in [0.717, 1.165) is 15.2 Å². The molecule has 4 nitrogen and oxygen atoms in total. The van der Waals surface area contributed by atoms with Crippen molar-refractivity contribution < 1.29 is 17.5 Å². The summed E-state index contributed by atoms with van der Waals surface area (Å²) in [7, 11) is -4.24. The molecule has 1 aliphatic rings. The lowest BCUT2D eigenvalue weighted by atomic mass is 9.78. The van der Waals surface area contributed by atoms with Gasteiger partial charge in [-0.1, -0.05) is 85.0 Å². The Morgan fingerprint density at radius 2 is 1.68 bits per heavy atom. The first-order valence-corrected chi connectivity index (χ1v) is 13.7. The zero-order chi connectivity index (χ0) is 23.7. The second-order valence-corrected chi connectivity index (χ2v) is 11.1. The highest BCUT2D eigenvalue weighted by Crippen LogP contribution is 2.41. The molecule has 1 aliphatic carbocycles. The molecule has 1 atom stereocenters. The Bertz CT molecular complexity index is 1520. The molecule has 0 bridgehead atoms. The fourth-order valence-electron chi connectivity index (χ4n) is 4.63. The summed E-state index contributed by atoms with van der Waals surface area (Å²) >= 11 is 1.69. The molecule has 1 unspecified atom stereocenters. The second-order valence-electron chi connectivity index (χ2n) is 8.55. The molecule has 5 rings (SSSR count). The summed E-state index contributed by atoms with van der Waals surface area (Å²) in [6, 6.07) is 27.1. The Kier molecular flexibility index (Phi) is 6.21. The molecular weight excluding hydrogens is 462 g/mol. The Morgan fingerprint density at radius 3 is 2.47 bits per heavy atom. The molecule has 0 spiro atoms. The maximum atomic E-state index is 11.2. The first-order valence-electron chi connectivity index (χ1n) is 11.3. The van der Waals surface area contributed by atoms with E-state index in [1.807, 2.05) is 24.3 Å². The van der Waals surface area contributed by atoms with E-state index in [-0.39, 0.29) is 18.1 Å². The Balaban J connectivity index is 1.63. The third-order valence-corrected chi connectivity index (χ3v) is 8.22. The number of allylic oxidation sites excluding steroid dienone is 2. The number of benzene rings is 3. The fraction of sp³-hybridized carbons (Fsp3) is 0.179. The van der Waals surface area contributed by atoms with Crippen LogP contribution in [0.3, 0.4) is 0 Å². The smallest absolute Gasteiger partial charge is 0.263 e. The normalized spacial score (nSPS) is 17.1. The predicted octanol–water partition coefficient (Wildman–Crippen LogP) is 5.76. The zero-order valence-corrected chi connectivity index (χ0v) is 20.5. The number of hydrogen-bond donors (Lipinski definition) is 0. The summed E-state index contributed by atoms with van der Waals surface area (Å²) in [6.45, 7) is 2.70. The molecule has 0 saturated heterocycles. The Morgan fingerprint density at radius 1 is 0.971 bits per heavy atom. The van der Waals surface area contributed by atoms with Gasteiger partial charge in [-0.25, -0.2) is 8.42 Å². The van der Waals surface area contributed by atoms with Crippen molar-refractivity contribution >= 4 is 43.3 Å². The SMILES string of the molecule is CC1/C(=C/c2sc3ccccc3[n+]2CCCS(=O)(=O)[O-])C=C(c2ccccc2)c2ccccc21. The molecule has 0 fully saturated rings. The molecule has 3 aromatic carbocycles. The number of nitrogens with zero attached hydrogens (tertiary/aromatic N) is 1. The molecule has 0 amide bonds. The number of aryl methyl sites for hydroxylation is 1. The van der Waals surface area contributed by atoms with Gasteiger partial charge in [0.25, 0.3) is 5.01 Å². The van der Waals surface area contributed by atoms with Crippen LogP contribution in [0.4, 0.5) is 0 Å². The van der Waals surface area contributed by atoms with Gasteiger partial charge in [-0.15, -0.1) is 0 Å². The van der Waals surface area contributed by atoms with Crippen molar-refractivity contribution in [3.63, 3.8) is 0 Å². The maximum absolute atomic E-state index is 11.2. The molecule has 34 heavy (non-hydrogen) atoms. The van der Waals surface area contributed by atoms with E-state index in [4.69, 9.17) is 0 Å². The minimum Gasteiger partial charge on any atom is -0.748 e.